The van der Waals surface area contributed by atoms with Crippen LogP contribution in [0.2, 0.25) is 0 Å². The Balaban J connectivity index is 1.24. The van der Waals surface area contributed by atoms with Crippen LogP contribution < -0.4 is 0 Å². The fourth-order valence-electron chi connectivity index (χ4n) is 6.35. The number of rotatable bonds is 5. The molecule has 2 aromatic heterocycles. The average Bonchev–Trinajstić information content (AvgIpc) is 3.34. The minimum atomic E-state index is -0.120. The molecular weight excluding hydrogens is 548 g/mol. The molecule has 2 heterocycles. The van der Waals surface area contributed by atoms with E-state index in [-0.39, 0.29) is 5.41 Å². The minimum Gasteiger partial charge on any atom is -0.255 e. The molecule has 1 aliphatic carbocycles. The van der Waals surface area contributed by atoms with Gasteiger partial charge in [-0.1, -0.05) is 135 Å². The molecule has 0 fully saturated rings. The summed E-state index contributed by atoms with van der Waals surface area (Å²) >= 11 is 0. The fourth-order valence-corrected chi connectivity index (χ4v) is 6.35. The molecule has 0 atom stereocenters. The Hall–Kier alpha value is -5.74. The first-order chi connectivity index (χ1) is 22.0. The van der Waals surface area contributed by atoms with Crippen LogP contribution >= 0.6 is 0 Å². The molecule has 0 bridgehead atoms. The molecule has 0 radical (unpaired) electrons. The van der Waals surface area contributed by atoms with Crippen molar-refractivity contribution in [2.75, 3.05) is 0 Å². The summed E-state index contributed by atoms with van der Waals surface area (Å²) < 4.78 is 0. The highest BCUT2D eigenvalue weighted by Gasteiger charge is 2.35. The number of hydrogen-bond acceptors (Lipinski definition) is 4. The molecule has 0 unspecified atom stereocenters. The lowest BCUT2D eigenvalue weighted by molar-refractivity contribution is 0.660. The van der Waals surface area contributed by atoms with E-state index >= 15 is 0 Å². The minimum absolute atomic E-state index is 0.120. The van der Waals surface area contributed by atoms with Crippen LogP contribution in [-0.2, 0) is 5.41 Å². The summed E-state index contributed by atoms with van der Waals surface area (Å²) in [6, 6.07) is 48.4. The first kappa shape index (κ1) is 26.9. The Morgan fingerprint density at radius 1 is 0.400 bits per heavy atom. The first-order valence-corrected chi connectivity index (χ1v) is 15.2. The van der Waals surface area contributed by atoms with Crippen LogP contribution in [0.5, 0.6) is 0 Å². The van der Waals surface area contributed by atoms with Gasteiger partial charge in [-0.25, -0.2) is 15.0 Å². The highest BCUT2D eigenvalue weighted by molar-refractivity contribution is 5.83. The van der Waals surface area contributed by atoms with Crippen LogP contribution in [0.25, 0.3) is 67.7 Å². The molecule has 4 heteroatoms. The fraction of sp³-hybridized carbons (Fsp3) is 0.0732. The van der Waals surface area contributed by atoms with Gasteiger partial charge >= 0.3 is 0 Å². The summed E-state index contributed by atoms with van der Waals surface area (Å²) in [7, 11) is 0. The molecular formula is C41H30N4. The standard InChI is InChI=1S/C41H30N4/c1-41(2)35-16-10-9-15-33(35)34-23-21-31(25-36(34)41)39-43-38(30-19-17-28(18-20-30)27-11-5-3-6-12-27)44-40(45-39)32-22-24-37(42-26-32)29-13-7-4-8-14-29/h3-26H,1-2H3. The number of fused-ring (bicyclic) bond motifs is 3. The van der Waals surface area contributed by atoms with E-state index in [0.717, 1.165) is 33.5 Å². The Kier molecular flexibility index (Phi) is 6.42. The van der Waals surface area contributed by atoms with E-state index in [9.17, 15) is 0 Å². The molecule has 0 saturated carbocycles. The maximum absolute atomic E-state index is 5.05. The highest BCUT2D eigenvalue weighted by Crippen LogP contribution is 2.49. The predicted octanol–water partition coefficient (Wildman–Crippen LogP) is 9.91. The molecule has 1 aliphatic rings. The smallest absolute Gasteiger partial charge is 0.165 e. The second-order valence-electron chi connectivity index (χ2n) is 12.0. The molecule has 0 saturated heterocycles. The molecule has 5 aromatic carbocycles. The zero-order valence-corrected chi connectivity index (χ0v) is 25.1. The Bertz CT molecular complexity index is 2050. The first-order valence-electron chi connectivity index (χ1n) is 15.2. The van der Waals surface area contributed by atoms with Crippen LogP contribution in [0.1, 0.15) is 25.0 Å². The second kappa shape index (κ2) is 10.8. The van der Waals surface area contributed by atoms with Crippen LogP contribution in [0.4, 0.5) is 0 Å². The van der Waals surface area contributed by atoms with E-state index in [1.54, 1.807) is 0 Å². The Morgan fingerprint density at radius 3 is 1.60 bits per heavy atom. The zero-order chi connectivity index (χ0) is 30.4. The zero-order valence-electron chi connectivity index (χ0n) is 25.1. The van der Waals surface area contributed by atoms with Gasteiger partial charge in [0.15, 0.2) is 17.5 Å². The van der Waals surface area contributed by atoms with Crippen LogP contribution in [0.15, 0.2) is 146 Å². The summed E-state index contributed by atoms with van der Waals surface area (Å²) in [6.07, 6.45) is 1.85. The van der Waals surface area contributed by atoms with Crippen molar-refractivity contribution in [1.29, 1.82) is 0 Å². The van der Waals surface area contributed by atoms with E-state index in [0.29, 0.717) is 17.5 Å². The number of pyridine rings is 1. The van der Waals surface area contributed by atoms with E-state index in [1.807, 2.05) is 42.6 Å². The van der Waals surface area contributed by atoms with Crippen molar-refractivity contribution in [3.8, 4) is 67.7 Å². The molecule has 0 amide bonds. The van der Waals surface area contributed by atoms with Crippen molar-refractivity contribution < 1.29 is 0 Å². The summed E-state index contributed by atoms with van der Waals surface area (Å²) in [5, 5.41) is 0. The Labute approximate surface area is 263 Å². The third-order valence-corrected chi connectivity index (χ3v) is 8.82. The summed E-state index contributed by atoms with van der Waals surface area (Å²) in [6.45, 7) is 4.58. The van der Waals surface area contributed by atoms with E-state index < -0.39 is 0 Å². The molecule has 0 aliphatic heterocycles. The lowest BCUT2D eigenvalue weighted by atomic mass is 9.82. The lowest BCUT2D eigenvalue weighted by Gasteiger charge is -2.21. The van der Waals surface area contributed by atoms with Gasteiger partial charge < -0.3 is 0 Å². The van der Waals surface area contributed by atoms with Crippen LogP contribution in [0.3, 0.4) is 0 Å². The van der Waals surface area contributed by atoms with Gasteiger partial charge in [-0.15, -0.1) is 0 Å². The largest absolute Gasteiger partial charge is 0.255 e. The normalized spacial score (nSPS) is 12.8. The van der Waals surface area contributed by atoms with Gasteiger partial charge in [0, 0.05) is 33.9 Å². The van der Waals surface area contributed by atoms with Crippen LogP contribution in [0, 0.1) is 0 Å². The van der Waals surface area contributed by atoms with Gasteiger partial charge in [-0.3, -0.25) is 4.98 Å². The second-order valence-corrected chi connectivity index (χ2v) is 12.0. The van der Waals surface area contributed by atoms with Gasteiger partial charge in [0.05, 0.1) is 5.69 Å². The van der Waals surface area contributed by atoms with Crippen molar-refractivity contribution in [2.24, 2.45) is 0 Å². The van der Waals surface area contributed by atoms with Crippen molar-refractivity contribution in [3.05, 3.63) is 157 Å². The van der Waals surface area contributed by atoms with Gasteiger partial charge in [-0.05, 0) is 51.6 Å². The topological polar surface area (TPSA) is 51.6 Å². The molecule has 0 N–H and O–H groups in total. The van der Waals surface area contributed by atoms with Gasteiger partial charge in [0.1, 0.15) is 0 Å². The van der Waals surface area contributed by atoms with Gasteiger partial charge in [0.2, 0.25) is 0 Å². The third-order valence-electron chi connectivity index (χ3n) is 8.82. The van der Waals surface area contributed by atoms with Crippen molar-refractivity contribution in [1.82, 2.24) is 19.9 Å². The summed E-state index contributed by atoms with van der Waals surface area (Å²) in [5.74, 6) is 1.87. The van der Waals surface area contributed by atoms with E-state index in [2.05, 4.69) is 117 Å². The van der Waals surface area contributed by atoms with Crippen molar-refractivity contribution in [3.63, 3.8) is 0 Å². The van der Waals surface area contributed by atoms with E-state index in [1.165, 1.54) is 27.8 Å². The molecule has 7 aromatic rings. The lowest BCUT2D eigenvalue weighted by Crippen LogP contribution is -2.15. The van der Waals surface area contributed by atoms with Gasteiger partial charge in [0.25, 0.3) is 0 Å². The quantitative estimate of drug-likeness (QED) is 0.204. The van der Waals surface area contributed by atoms with Crippen LogP contribution in [-0.4, -0.2) is 19.9 Å². The Morgan fingerprint density at radius 2 is 0.911 bits per heavy atom. The maximum Gasteiger partial charge on any atom is 0.165 e. The maximum atomic E-state index is 5.05. The number of hydrogen-bond donors (Lipinski definition) is 0. The number of benzene rings is 5. The third kappa shape index (κ3) is 4.81. The summed E-state index contributed by atoms with van der Waals surface area (Å²) in [5.41, 5.74) is 12.1. The SMILES string of the molecule is CC1(C)c2ccccc2-c2ccc(-c3nc(-c4ccc(-c5ccccc5)cc4)nc(-c4ccc(-c5ccccc5)nc4)n3)cc21. The monoisotopic (exact) mass is 578 g/mol. The highest BCUT2D eigenvalue weighted by atomic mass is 15.0. The predicted molar refractivity (Wildman–Crippen MR) is 182 cm³/mol. The molecule has 45 heavy (non-hydrogen) atoms. The molecule has 4 nitrogen and oxygen atoms in total. The average molecular weight is 579 g/mol. The number of nitrogens with zero attached hydrogens (tertiary/aromatic N) is 4. The molecule has 0 spiro atoms. The van der Waals surface area contributed by atoms with Crippen molar-refractivity contribution in [2.45, 2.75) is 19.3 Å². The van der Waals surface area contributed by atoms with Gasteiger partial charge in [-0.2, -0.15) is 0 Å². The van der Waals surface area contributed by atoms with Crippen molar-refractivity contribution >= 4 is 0 Å². The molecule has 214 valence electrons. The molecule has 8 rings (SSSR count). The number of aromatic nitrogens is 4. The van der Waals surface area contributed by atoms with E-state index in [4.69, 9.17) is 19.9 Å². The summed E-state index contributed by atoms with van der Waals surface area (Å²) in [4.78, 5) is 19.8.